The molecule has 7 nitrogen and oxygen atoms in total. The third kappa shape index (κ3) is 5.34. The molecule has 0 aliphatic rings. The highest BCUT2D eigenvalue weighted by Crippen LogP contribution is 2.22. The van der Waals surface area contributed by atoms with Gasteiger partial charge in [0.05, 0.1) is 17.8 Å². The van der Waals surface area contributed by atoms with Gasteiger partial charge in [-0.25, -0.2) is 9.59 Å². The zero-order valence-electron chi connectivity index (χ0n) is 14.4. The number of aromatic nitrogens is 1. The number of benzene rings is 1. The van der Waals surface area contributed by atoms with Gasteiger partial charge in [0.25, 0.3) is 0 Å². The summed E-state index contributed by atoms with van der Waals surface area (Å²) in [6.07, 6.45) is 1.99. The van der Waals surface area contributed by atoms with Crippen LogP contribution in [0.4, 0.5) is 4.79 Å². The highest BCUT2D eigenvalue weighted by molar-refractivity contribution is 5.87. The fourth-order valence-corrected chi connectivity index (χ4v) is 2.49. The predicted molar refractivity (Wildman–Crippen MR) is 92.3 cm³/mol. The first-order chi connectivity index (χ1) is 12.0. The first-order valence-electron chi connectivity index (χ1n) is 8.32. The number of rotatable bonds is 8. The standard InChI is InChI=1S/C18H23N3O4/c1-3-13(4-2)16-9-15(25-21-16)11-20-18(24)19-10-12-5-7-14(8-6-12)17(22)23/h5-9,13H,3-4,10-11H2,1-2H3,(H,22,23)(H2,19,20,24). The molecule has 0 spiro atoms. The summed E-state index contributed by atoms with van der Waals surface area (Å²) in [5.74, 6) is 0.0139. The van der Waals surface area contributed by atoms with Crippen LogP contribution in [0.3, 0.4) is 0 Å². The molecule has 0 fully saturated rings. The second-order valence-corrected chi connectivity index (χ2v) is 5.77. The van der Waals surface area contributed by atoms with Gasteiger partial charge in [0.15, 0.2) is 5.76 Å². The van der Waals surface area contributed by atoms with Gasteiger partial charge < -0.3 is 20.3 Å². The van der Waals surface area contributed by atoms with Crippen molar-refractivity contribution in [2.75, 3.05) is 0 Å². The van der Waals surface area contributed by atoms with Crippen LogP contribution in [0.15, 0.2) is 34.9 Å². The molecule has 0 saturated heterocycles. The number of amides is 2. The summed E-state index contributed by atoms with van der Waals surface area (Å²) in [6, 6.07) is 7.89. The maximum absolute atomic E-state index is 11.8. The number of urea groups is 1. The van der Waals surface area contributed by atoms with Crippen LogP contribution >= 0.6 is 0 Å². The Hall–Kier alpha value is -2.83. The monoisotopic (exact) mass is 345 g/mol. The second-order valence-electron chi connectivity index (χ2n) is 5.77. The summed E-state index contributed by atoms with van der Waals surface area (Å²) in [6.45, 7) is 4.78. The van der Waals surface area contributed by atoms with E-state index in [0.717, 1.165) is 24.1 Å². The lowest BCUT2D eigenvalue weighted by atomic mass is 9.99. The quantitative estimate of drug-likeness (QED) is 0.681. The summed E-state index contributed by atoms with van der Waals surface area (Å²) < 4.78 is 5.25. The Balaban J connectivity index is 1.78. The van der Waals surface area contributed by atoms with Crippen LogP contribution < -0.4 is 10.6 Å². The Kier molecular flexibility index (Phi) is 6.56. The molecule has 1 heterocycles. The van der Waals surface area contributed by atoms with Crippen molar-refractivity contribution in [1.82, 2.24) is 15.8 Å². The molecule has 2 rings (SSSR count). The van der Waals surface area contributed by atoms with Crippen molar-refractivity contribution in [3.63, 3.8) is 0 Å². The zero-order valence-corrected chi connectivity index (χ0v) is 14.4. The first-order valence-corrected chi connectivity index (χ1v) is 8.32. The molecule has 134 valence electrons. The number of aromatic carboxylic acids is 1. The second kappa shape index (κ2) is 8.86. The minimum Gasteiger partial charge on any atom is -0.478 e. The van der Waals surface area contributed by atoms with Crippen molar-refractivity contribution in [1.29, 1.82) is 0 Å². The maximum atomic E-state index is 11.8. The molecule has 25 heavy (non-hydrogen) atoms. The van der Waals surface area contributed by atoms with E-state index in [2.05, 4.69) is 29.6 Å². The van der Waals surface area contributed by atoms with Crippen molar-refractivity contribution in [3.05, 3.63) is 52.9 Å². The highest BCUT2D eigenvalue weighted by atomic mass is 16.5. The van der Waals surface area contributed by atoms with E-state index in [0.29, 0.717) is 18.2 Å². The van der Waals surface area contributed by atoms with E-state index in [4.69, 9.17) is 9.63 Å². The van der Waals surface area contributed by atoms with Crippen molar-refractivity contribution in [2.45, 2.75) is 45.7 Å². The van der Waals surface area contributed by atoms with E-state index >= 15 is 0 Å². The van der Waals surface area contributed by atoms with Crippen LogP contribution in [0.1, 0.15) is 60.0 Å². The molecular formula is C18H23N3O4. The lowest BCUT2D eigenvalue weighted by Crippen LogP contribution is -2.34. The summed E-state index contributed by atoms with van der Waals surface area (Å²) in [5, 5.41) is 18.3. The molecule has 0 aliphatic heterocycles. The Labute approximate surface area is 146 Å². The maximum Gasteiger partial charge on any atom is 0.335 e. The summed E-state index contributed by atoms with van der Waals surface area (Å²) in [7, 11) is 0. The van der Waals surface area contributed by atoms with Gasteiger partial charge in [-0.1, -0.05) is 31.1 Å². The van der Waals surface area contributed by atoms with E-state index in [1.165, 1.54) is 12.1 Å². The number of hydrogen-bond donors (Lipinski definition) is 3. The van der Waals surface area contributed by atoms with Gasteiger partial charge >= 0.3 is 12.0 Å². The predicted octanol–water partition coefficient (Wildman–Crippen LogP) is 3.28. The van der Waals surface area contributed by atoms with Gasteiger partial charge in [-0.15, -0.1) is 0 Å². The number of carbonyl (C=O) groups is 2. The Morgan fingerprint density at radius 1 is 1.12 bits per heavy atom. The number of nitrogens with one attached hydrogen (secondary N) is 2. The molecule has 0 saturated carbocycles. The smallest absolute Gasteiger partial charge is 0.335 e. The Morgan fingerprint density at radius 3 is 2.36 bits per heavy atom. The topological polar surface area (TPSA) is 104 Å². The van der Waals surface area contributed by atoms with Gasteiger partial charge in [0.1, 0.15) is 0 Å². The van der Waals surface area contributed by atoms with Crippen molar-refractivity contribution < 1.29 is 19.2 Å². The molecule has 0 unspecified atom stereocenters. The van der Waals surface area contributed by atoms with Crippen LogP contribution in [0, 0.1) is 0 Å². The van der Waals surface area contributed by atoms with Crippen LogP contribution in [0.2, 0.25) is 0 Å². The lowest BCUT2D eigenvalue weighted by molar-refractivity contribution is 0.0697. The van der Waals surface area contributed by atoms with Crippen molar-refractivity contribution in [3.8, 4) is 0 Å². The summed E-state index contributed by atoms with van der Waals surface area (Å²) in [5.41, 5.74) is 1.95. The number of hydrogen-bond acceptors (Lipinski definition) is 4. The Bertz CT molecular complexity index is 705. The van der Waals surface area contributed by atoms with E-state index in [1.54, 1.807) is 12.1 Å². The third-order valence-electron chi connectivity index (χ3n) is 4.06. The van der Waals surface area contributed by atoms with Crippen molar-refractivity contribution >= 4 is 12.0 Å². The highest BCUT2D eigenvalue weighted by Gasteiger charge is 2.13. The molecule has 0 radical (unpaired) electrons. The molecule has 1 aromatic heterocycles. The molecule has 3 N–H and O–H groups in total. The van der Waals surface area contributed by atoms with Gasteiger partial charge in [-0.05, 0) is 30.5 Å². The number of carbonyl (C=O) groups excluding carboxylic acids is 1. The van der Waals surface area contributed by atoms with Gasteiger partial charge in [-0.3, -0.25) is 0 Å². The minimum atomic E-state index is -0.975. The van der Waals surface area contributed by atoms with Crippen LogP contribution in [-0.2, 0) is 13.1 Å². The van der Waals surface area contributed by atoms with Crippen LogP contribution in [-0.4, -0.2) is 22.3 Å². The van der Waals surface area contributed by atoms with E-state index < -0.39 is 5.97 Å². The van der Waals surface area contributed by atoms with Gasteiger partial charge in [0, 0.05) is 18.5 Å². The molecule has 0 bridgehead atoms. The molecule has 1 aromatic carbocycles. The summed E-state index contributed by atoms with van der Waals surface area (Å²) >= 11 is 0. The largest absolute Gasteiger partial charge is 0.478 e. The van der Waals surface area contributed by atoms with Gasteiger partial charge in [0.2, 0.25) is 0 Å². The average Bonchev–Trinajstić information content (AvgIpc) is 3.08. The van der Waals surface area contributed by atoms with Crippen LogP contribution in [0.5, 0.6) is 0 Å². The molecule has 0 aliphatic carbocycles. The average molecular weight is 345 g/mol. The van der Waals surface area contributed by atoms with E-state index in [9.17, 15) is 9.59 Å². The molecule has 0 atom stereocenters. The summed E-state index contributed by atoms with van der Waals surface area (Å²) in [4.78, 5) is 22.6. The van der Waals surface area contributed by atoms with Crippen LogP contribution in [0.25, 0.3) is 0 Å². The Morgan fingerprint density at radius 2 is 1.76 bits per heavy atom. The molecule has 7 heteroatoms. The normalized spacial score (nSPS) is 10.7. The van der Waals surface area contributed by atoms with E-state index in [-0.39, 0.29) is 18.1 Å². The van der Waals surface area contributed by atoms with Gasteiger partial charge in [-0.2, -0.15) is 0 Å². The molecule has 2 aromatic rings. The fraction of sp³-hybridized carbons (Fsp3) is 0.389. The number of carboxylic acids is 1. The third-order valence-corrected chi connectivity index (χ3v) is 4.06. The zero-order chi connectivity index (χ0) is 18.2. The molecular weight excluding hydrogens is 322 g/mol. The SMILES string of the molecule is CCC(CC)c1cc(CNC(=O)NCc2ccc(C(=O)O)cc2)on1. The van der Waals surface area contributed by atoms with E-state index in [1.807, 2.05) is 6.07 Å². The number of carboxylic acid groups (broad SMARTS) is 1. The number of nitrogens with zero attached hydrogens (tertiary/aromatic N) is 1. The molecule has 2 amide bonds. The van der Waals surface area contributed by atoms with Crippen molar-refractivity contribution in [2.24, 2.45) is 0 Å². The lowest BCUT2D eigenvalue weighted by Gasteiger charge is -2.07. The fourth-order valence-electron chi connectivity index (χ4n) is 2.49. The first kappa shape index (κ1) is 18.5. The minimum absolute atomic E-state index is 0.215.